The van der Waals surface area contributed by atoms with Crippen LogP contribution in [0, 0.1) is 0 Å². The minimum atomic E-state index is -3.03. The molecule has 2 N–H and O–H groups in total. The molecule has 4 heterocycles. The van der Waals surface area contributed by atoms with Crippen molar-refractivity contribution < 1.29 is 13.2 Å². The number of aryl methyl sites for hydroxylation is 1. The van der Waals surface area contributed by atoms with Gasteiger partial charge in [-0.15, -0.1) is 0 Å². The molecule has 1 amide bonds. The second-order valence-corrected chi connectivity index (χ2v) is 11.8. The monoisotopic (exact) mass is 473 g/mol. The van der Waals surface area contributed by atoms with Crippen LogP contribution in [0.15, 0.2) is 6.20 Å². The van der Waals surface area contributed by atoms with Gasteiger partial charge in [-0.05, 0) is 38.0 Å². The average Bonchev–Trinajstić information content (AvgIpc) is 3.53. The van der Waals surface area contributed by atoms with Crippen LogP contribution in [0.4, 0.5) is 17.7 Å². The number of carbonyl (C=O) groups excluding carboxylic acids is 1. The second kappa shape index (κ2) is 8.58. The Labute approximate surface area is 194 Å². The minimum Gasteiger partial charge on any atom is -0.339 e. The van der Waals surface area contributed by atoms with Crippen LogP contribution in [0.2, 0.25) is 0 Å². The van der Waals surface area contributed by atoms with E-state index in [1.165, 1.54) is 0 Å². The van der Waals surface area contributed by atoms with Crippen LogP contribution >= 0.6 is 0 Å². The van der Waals surface area contributed by atoms with Crippen molar-refractivity contribution in [3.63, 3.8) is 0 Å². The SMILES string of the molecule is CC(C)c1cnc(Nc2nc(N3CCC[C@@H]3C(=O)N3CCS(=O)(=O)CC3)nc3c2CCC3)[nH]1. The summed E-state index contributed by atoms with van der Waals surface area (Å²) in [7, 11) is -3.03. The number of rotatable bonds is 5. The molecule has 3 aliphatic rings. The number of fused-ring (bicyclic) bond motifs is 1. The highest BCUT2D eigenvalue weighted by Gasteiger charge is 2.38. The third-order valence-electron chi connectivity index (χ3n) is 6.83. The van der Waals surface area contributed by atoms with E-state index in [1.54, 1.807) is 4.90 Å². The van der Waals surface area contributed by atoms with Crippen molar-refractivity contribution in [1.82, 2.24) is 24.8 Å². The number of carbonyl (C=O) groups is 1. The molecule has 2 aliphatic heterocycles. The number of nitrogens with zero attached hydrogens (tertiary/aromatic N) is 5. The summed E-state index contributed by atoms with van der Waals surface area (Å²) in [6, 6.07) is -0.353. The van der Waals surface area contributed by atoms with Gasteiger partial charge in [0, 0.05) is 30.9 Å². The first-order valence-corrected chi connectivity index (χ1v) is 13.6. The molecule has 33 heavy (non-hydrogen) atoms. The van der Waals surface area contributed by atoms with Crippen molar-refractivity contribution in [2.45, 2.75) is 57.9 Å². The van der Waals surface area contributed by atoms with Crippen molar-refractivity contribution in [2.24, 2.45) is 0 Å². The van der Waals surface area contributed by atoms with Gasteiger partial charge in [-0.1, -0.05) is 13.8 Å². The first kappa shape index (κ1) is 22.1. The molecule has 0 saturated carbocycles. The quantitative estimate of drug-likeness (QED) is 0.673. The number of amides is 1. The van der Waals surface area contributed by atoms with E-state index in [-0.39, 0.29) is 36.5 Å². The van der Waals surface area contributed by atoms with Gasteiger partial charge >= 0.3 is 0 Å². The molecule has 0 unspecified atom stereocenters. The molecule has 2 aromatic heterocycles. The van der Waals surface area contributed by atoms with Crippen LogP contribution in [-0.2, 0) is 27.5 Å². The summed E-state index contributed by atoms with van der Waals surface area (Å²) in [6.45, 7) is 5.46. The molecule has 0 bridgehead atoms. The fourth-order valence-electron chi connectivity index (χ4n) is 4.86. The summed E-state index contributed by atoms with van der Waals surface area (Å²) in [5.41, 5.74) is 3.20. The van der Waals surface area contributed by atoms with E-state index in [1.807, 2.05) is 11.1 Å². The summed E-state index contributed by atoms with van der Waals surface area (Å²) in [4.78, 5) is 34.4. The molecule has 1 atom stereocenters. The molecule has 178 valence electrons. The fourth-order valence-corrected chi connectivity index (χ4v) is 6.06. The Balaban J connectivity index is 1.40. The summed E-state index contributed by atoms with van der Waals surface area (Å²) in [5, 5.41) is 3.35. The van der Waals surface area contributed by atoms with Gasteiger partial charge in [0.05, 0.1) is 23.4 Å². The average molecular weight is 474 g/mol. The number of H-pyrrole nitrogens is 1. The van der Waals surface area contributed by atoms with Crippen molar-refractivity contribution >= 4 is 33.5 Å². The molecule has 10 nitrogen and oxygen atoms in total. The fraction of sp³-hybridized carbons (Fsp3) is 0.636. The third kappa shape index (κ3) is 4.42. The van der Waals surface area contributed by atoms with Gasteiger partial charge in [-0.2, -0.15) is 4.98 Å². The normalized spacial score (nSPS) is 22.1. The molecular formula is C22H31N7O3S. The number of imidazole rings is 1. The van der Waals surface area contributed by atoms with Crippen LogP contribution in [0.5, 0.6) is 0 Å². The zero-order valence-electron chi connectivity index (χ0n) is 19.2. The molecular weight excluding hydrogens is 442 g/mol. The van der Waals surface area contributed by atoms with E-state index in [0.29, 0.717) is 24.4 Å². The Kier molecular flexibility index (Phi) is 5.75. The highest BCUT2D eigenvalue weighted by atomic mass is 32.2. The lowest BCUT2D eigenvalue weighted by atomic mass is 10.2. The van der Waals surface area contributed by atoms with Gasteiger partial charge in [-0.3, -0.25) is 4.79 Å². The standard InChI is InChI=1S/C22H31N7O3S/c1-14(2)17-13-23-21(24-17)26-19-15-5-3-6-16(15)25-22(27-19)29-8-4-7-18(29)20(30)28-9-11-33(31,32)12-10-28/h13-14,18H,3-12H2,1-2H3,(H2,23,24,25,26,27)/t18-/m1/s1. The molecule has 11 heteroatoms. The summed E-state index contributed by atoms with van der Waals surface area (Å²) < 4.78 is 23.6. The van der Waals surface area contributed by atoms with E-state index >= 15 is 0 Å². The summed E-state index contributed by atoms with van der Waals surface area (Å²) in [5.74, 6) is 2.37. The van der Waals surface area contributed by atoms with E-state index in [9.17, 15) is 13.2 Å². The summed E-state index contributed by atoms with van der Waals surface area (Å²) in [6.07, 6.45) is 6.28. The van der Waals surface area contributed by atoms with Crippen LogP contribution in [0.25, 0.3) is 0 Å². The first-order chi connectivity index (χ1) is 15.8. The van der Waals surface area contributed by atoms with Gasteiger partial charge in [0.25, 0.3) is 0 Å². The van der Waals surface area contributed by atoms with Gasteiger partial charge in [-0.25, -0.2) is 18.4 Å². The van der Waals surface area contributed by atoms with E-state index < -0.39 is 9.84 Å². The number of sulfone groups is 1. The molecule has 2 aromatic rings. The predicted molar refractivity (Wildman–Crippen MR) is 126 cm³/mol. The Morgan fingerprint density at radius 1 is 1.15 bits per heavy atom. The maximum atomic E-state index is 13.3. The van der Waals surface area contributed by atoms with Gasteiger partial charge in [0.1, 0.15) is 11.9 Å². The van der Waals surface area contributed by atoms with Crippen molar-refractivity contribution in [1.29, 1.82) is 0 Å². The van der Waals surface area contributed by atoms with E-state index in [4.69, 9.17) is 9.97 Å². The van der Waals surface area contributed by atoms with Crippen molar-refractivity contribution in [3.05, 3.63) is 23.1 Å². The highest BCUT2D eigenvalue weighted by Crippen LogP contribution is 2.33. The Morgan fingerprint density at radius 2 is 1.94 bits per heavy atom. The number of aromatic nitrogens is 4. The maximum Gasteiger partial charge on any atom is 0.245 e. The van der Waals surface area contributed by atoms with Crippen LogP contribution in [0.1, 0.15) is 56.0 Å². The van der Waals surface area contributed by atoms with Crippen molar-refractivity contribution in [2.75, 3.05) is 41.4 Å². The predicted octanol–water partition coefficient (Wildman–Crippen LogP) is 1.78. The number of nitrogens with one attached hydrogen (secondary N) is 2. The maximum absolute atomic E-state index is 13.3. The third-order valence-corrected chi connectivity index (χ3v) is 8.44. The number of anilines is 3. The molecule has 5 rings (SSSR count). The minimum absolute atomic E-state index is 0.0198. The molecule has 0 aromatic carbocycles. The lowest BCUT2D eigenvalue weighted by Crippen LogP contribution is -2.51. The van der Waals surface area contributed by atoms with Gasteiger partial charge in [0.2, 0.25) is 17.8 Å². The lowest BCUT2D eigenvalue weighted by molar-refractivity contribution is -0.132. The molecule has 2 fully saturated rings. The smallest absolute Gasteiger partial charge is 0.245 e. The molecule has 1 aliphatic carbocycles. The first-order valence-electron chi connectivity index (χ1n) is 11.8. The van der Waals surface area contributed by atoms with E-state index in [2.05, 4.69) is 29.1 Å². The molecule has 2 saturated heterocycles. The largest absolute Gasteiger partial charge is 0.339 e. The Bertz CT molecular complexity index is 1150. The van der Waals surface area contributed by atoms with Crippen LogP contribution in [0.3, 0.4) is 0 Å². The number of hydrogen-bond donors (Lipinski definition) is 2. The summed E-state index contributed by atoms with van der Waals surface area (Å²) >= 11 is 0. The van der Waals surface area contributed by atoms with Crippen LogP contribution in [-0.4, -0.2) is 76.3 Å². The van der Waals surface area contributed by atoms with Gasteiger partial charge < -0.3 is 20.1 Å². The number of aromatic amines is 1. The Hall–Kier alpha value is -2.69. The lowest BCUT2D eigenvalue weighted by Gasteiger charge is -2.32. The Morgan fingerprint density at radius 3 is 2.67 bits per heavy atom. The topological polar surface area (TPSA) is 124 Å². The van der Waals surface area contributed by atoms with Gasteiger partial charge in [0.15, 0.2) is 9.84 Å². The highest BCUT2D eigenvalue weighted by molar-refractivity contribution is 7.91. The second-order valence-electron chi connectivity index (χ2n) is 9.45. The number of hydrogen-bond acceptors (Lipinski definition) is 8. The van der Waals surface area contributed by atoms with Crippen molar-refractivity contribution in [3.8, 4) is 0 Å². The molecule has 0 radical (unpaired) electrons. The zero-order chi connectivity index (χ0) is 23.2. The molecule has 0 spiro atoms. The van der Waals surface area contributed by atoms with E-state index in [0.717, 1.165) is 54.9 Å². The van der Waals surface area contributed by atoms with Crippen LogP contribution < -0.4 is 10.2 Å². The zero-order valence-corrected chi connectivity index (χ0v) is 20.0.